The molecule has 1 radical (unpaired) electrons. The van der Waals surface area contributed by atoms with E-state index in [-0.39, 0.29) is 5.82 Å². The van der Waals surface area contributed by atoms with Gasteiger partial charge < -0.3 is 9.47 Å². The van der Waals surface area contributed by atoms with E-state index in [0.717, 1.165) is 0 Å². The molecule has 1 aromatic rings. The van der Waals surface area contributed by atoms with Gasteiger partial charge in [0.2, 0.25) is 0 Å². The maximum atomic E-state index is 12.5. The molecule has 0 saturated carbocycles. The highest BCUT2D eigenvalue weighted by Crippen LogP contribution is 2.29. The van der Waals surface area contributed by atoms with E-state index in [9.17, 15) is 4.39 Å². The van der Waals surface area contributed by atoms with Gasteiger partial charge in [0.25, 0.3) is 0 Å². The van der Waals surface area contributed by atoms with Crippen LogP contribution in [0.25, 0.3) is 0 Å². The molecule has 0 unspecified atom stereocenters. The van der Waals surface area contributed by atoms with Crippen LogP contribution in [0.5, 0.6) is 11.5 Å². The average Bonchev–Trinajstić information content (AvgIpc) is 2.04. The predicted molar refractivity (Wildman–Crippen MR) is 35.6 cm³/mol. The van der Waals surface area contributed by atoms with Crippen molar-refractivity contribution in [1.82, 2.24) is 0 Å². The Bertz CT molecular complexity index is 307. The minimum atomic E-state index is -0.386. The average molecular weight is 151 g/mol. The monoisotopic (exact) mass is 151 g/mol. The fraction of sp³-hybridized carbons (Fsp3) is 0. The standard InChI is InChI=1S/C8H4FO2/c9-6-1-2-7-8(5-6)11-4-3-10-7/h1,3-5H. The van der Waals surface area contributed by atoms with Gasteiger partial charge in [-0.25, -0.2) is 4.39 Å². The van der Waals surface area contributed by atoms with Crippen LogP contribution >= 0.6 is 0 Å². The molecule has 0 aromatic heterocycles. The topological polar surface area (TPSA) is 18.5 Å². The summed E-state index contributed by atoms with van der Waals surface area (Å²) in [6.45, 7) is 0. The van der Waals surface area contributed by atoms with Crippen LogP contribution in [-0.2, 0) is 0 Å². The molecule has 1 aliphatic heterocycles. The minimum Gasteiger partial charge on any atom is -0.458 e. The molecule has 11 heavy (non-hydrogen) atoms. The van der Waals surface area contributed by atoms with Crippen molar-refractivity contribution in [3.63, 3.8) is 0 Å². The summed E-state index contributed by atoms with van der Waals surface area (Å²) in [7, 11) is 0. The Hall–Kier alpha value is -1.51. The van der Waals surface area contributed by atoms with Gasteiger partial charge in [-0.3, -0.25) is 0 Å². The molecular weight excluding hydrogens is 147 g/mol. The largest absolute Gasteiger partial charge is 0.458 e. The quantitative estimate of drug-likeness (QED) is 0.563. The molecule has 3 heteroatoms. The zero-order valence-electron chi connectivity index (χ0n) is 5.50. The number of benzene rings is 1. The van der Waals surface area contributed by atoms with Gasteiger partial charge in [0.05, 0.1) is 0 Å². The van der Waals surface area contributed by atoms with Gasteiger partial charge in [-0.05, 0) is 6.07 Å². The van der Waals surface area contributed by atoms with Crippen molar-refractivity contribution in [2.45, 2.75) is 0 Å². The molecular formula is C8H4FO2. The first-order valence-corrected chi connectivity index (χ1v) is 3.06. The smallest absolute Gasteiger partial charge is 0.177 e. The summed E-state index contributed by atoms with van der Waals surface area (Å²) < 4.78 is 22.4. The SMILES string of the molecule is Fc1c[c]c2c(c1)OC=CO2. The summed E-state index contributed by atoms with van der Waals surface area (Å²) >= 11 is 0. The fourth-order valence-electron chi connectivity index (χ4n) is 0.815. The highest BCUT2D eigenvalue weighted by atomic mass is 19.1. The number of fused-ring (bicyclic) bond motifs is 1. The third-order valence-electron chi connectivity index (χ3n) is 1.27. The van der Waals surface area contributed by atoms with E-state index in [0.29, 0.717) is 11.5 Å². The van der Waals surface area contributed by atoms with Gasteiger partial charge in [0.1, 0.15) is 18.3 Å². The van der Waals surface area contributed by atoms with Gasteiger partial charge >= 0.3 is 0 Å². The van der Waals surface area contributed by atoms with Gasteiger partial charge in [-0.15, -0.1) is 0 Å². The zero-order chi connectivity index (χ0) is 7.68. The van der Waals surface area contributed by atoms with E-state index in [2.05, 4.69) is 6.07 Å². The van der Waals surface area contributed by atoms with Crippen LogP contribution < -0.4 is 9.47 Å². The Labute approximate surface area is 62.9 Å². The molecule has 0 aliphatic carbocycles. The lowest BCUT2D eigenvalue weighted by atomic mass is 10.3. The second kappa shape index (κ2) is 2.27. The van der Waals surface area contributed by atoms with Crippen LogP contribution in [0.15, 0.2) is 24.7 Å². The maximum Gasteiger partial charge on any atom is 0.177 e. The van der Waals surface area contributed by atoms with Crippen molar-refractivity contribution >= 4 is 0 Å². The molecule has 0 atom stereocenters. The number of rotatable bonds is 0. The normalized spacial score (nSPS) is 13.2. The van der Waals surface area contributed by atoms with Crippen molar-refractivity contribution in [3.8, 4) is 11.5 Å². The van der Waals surface area contributed by atoms with Crippen molar-refractivity contribution in [3.05, 3.63) is 36.5 Å². The number of hydrogen-bond acceptors (Lipinski definition) is 2. The molecule has 0 bridgehead atoms. The van der Waals surface area contributed by atoms with Crippen LogP contribution in [0.2, 0.25) is 0 Å². The van der Waals surface area contributed by atoms with Crippen LogP contribution in [0.1, 0.15) is 0 Å². The Balaban J connectivity index is 2.48. The van der Waals surface area contributed by atoms with Crippen LogP contribution in [0.4, 0.5) is 4.39 Å². The Morgan fingerprint density at radius 3 is 3.00 bits per heavy atom. The lowest BCUT2D eigenvalue weighted by Crippen LogP contribution is -1.96. The summed E-state index contributed by atoms with van der Waals surface area (Å²) in [6, 6.07) is 5.02. The fourth-order valence-corrected chi connectivity index (χ4v) is 0.815. The van der Waals surface area contributed by atoms with Gasteiger partial charge in [0.15, 0.2) is 11.5 Å². The molecule has 1 heterocycles. The van der Waals surface area contributed by atoms with Crippen molar-refractivity contribution in [2.75, 3.05) is 0 Å². The number of ether oxygens (including phenoxy) is 2. The summed E-state index contributed by atoms with van der Waals surface area (Å²) in [6.07, 6.45) is 2.71. The number of halogens is 1. The molecule has 2 nitrogen and oxygen atoms in total. The molecule has 55 valence electrons. The highest BCUT2D eigenvalue weighted by molar-refractivity contribution is 5.41. The summed E-state index contributed by atoms with van der Waals surface area (Å²) in [5, 5.41) is 0. The van der Waals surface area contributed by atoms with Crippen LogP contribution in [0.3, 0.4) is 0 Å². The highest BCUT2D eigenvalue weighted by Gasteiger charge is 2.08. The predicted octanol–water partition coefficient (Wildman–Crippen LogP) is 1.87. The summed E-state index contributed by atoms with van der Waals surface area (Å²) in [5.41, 5.74) is 0. The third kappa shape index (κ3) is 1.05. The summed E-state index contributed by atoms with van der Waals surface area (Å²) in [4.78, 5) is 0. The third-order valence-corrected chi connectivity index (χ3v) is 1.27. The van der Waals surface area contributed by atoms with Gasteiger partial charge in [-0.2, -0.15) is 0 Å². The van der Waals surface area contributed by atoms with Crippen LogP contribution in [0, 0.1) is 11.9 Å². The maximum absolute atomic E-state index is 12.5. The second-order valence-electron chi connectivity index (χ2n) is 2.02. The van der Waals surface area contributed by atoms with E-state index in [1.54, 1.807) is 0 Å². The molecule has 0 spiro atoms. The Kier molecular flexibility index (Phi) is 1.28. The van der Waals surface area contributed by atoms with Crippen LogP contribution in [-0.4, -0.2) is 0 Å². The van der Waals surface area contributed by atoms with E-state index in [1.807, 2.05) is 0 Å². The first kappa shape index (κ1) is 6.22. The molecule has 0 amide bonds. The minimum absolute atomic E-state index is 0.354. The molecule has 2 rings (SSSR count). The molecule has 0 saturated heterocycles. The first-order valence-electron chi connectivity index (χ1n) is 3.06. The van der Waals surface area contributed by atoms with E-state index >= 15 is 0 Å². The van der Waals surface area contributed by atoms with E-state index < -0.39 is 0 Å². The Morgan fingerprint density at radius 2 is 2.09 bits per heavy atom. The van der Waals surface area contributed by atoms with Crippen molar-refractivity contribution < 1.29 is 13.9 Å². The Morgan fingerprint density at radius 1 is 1.27 bits per heavy atom. The van der Waals surface area contributed by atoms with E-state index in [4.69, 9.17) is 9.47 Å². The molecule has 0 fully saturated rings. The van der Waals surface area contributed by atoms with E-state index in [1.165, 1.54) is 24.7 Å². The second-order valence-corrected chi connectivity index (χ2v) is 2.02. The number of hydrogen-bond donors (Lipinski definition) is 0. The molecule has 0 N–H and O–H groups in total. The molecule has 1 aromatic carbocycles. The van der Waals surface area contributed by atoms with Crippen molar-refractivity contribution in [2.24, 2.45) is 0 Å². The van der Waals surface area contributed by atoms with Gasteiger partial charge in [0, 0.05) is 12.1 Å². The summed E-state index contributed by atoms with van der Waals surface area (Å²) in [5.74, 6) is 0.379. The zero-order valence-corrected chi connectivity index (χ0v) is 5.50. The lowest BCUT2D eigenvalue weighted by molar-refractivity contribution is 0.358. The molecule has 1 aliphatic rings. The van der Waals surface area contributed by atoms with Gasteiger partial charge in [-0.1, -0.05) is 0 Å². The van der Waals surface area contributed by atoms with Crippen molar-refractivity contribution in [1.29, 1.82) is 0 Å². The lowest BCUT2D eigenvalue weighted by Gasteiger charge is -2.10. The first-order chi connectivity index (χ1) is 5.36.